The Hall–Kier alpha value is -2.90. The third kappa shape index (κ3) is 2.69. The zero-order chi connectivity index (χ0) is 15.4. The summed E-state index contributed by atoms with van der Waals surface area (Å²) in [5.41, 5.74) is 4.44. The van der Waals surface area contributed by atoms with Crippen LogP contribution in [0.1, 0.15) is 19.0 Å². The van der Waals surface area contributed by atoms with E-state index >= 15 is 0 Å². The highest BCUT2D eigenvalue weighted by Gasteiger charge is 2.16. The Morgan fingerprint density at radius 1 is 1.33 bits per heavy atom. The van der Waals surface area contributed by atoms with E-state index in [0.29, 0.717) is 12.1 Å². The molecular formula is C13H15N5O3. The number of hydrogen-bond acceptors (Lipinski definition) is 5. The average Bonchev–Trinajstić information content (AvgIpc) is 2.52. The minimum atomic E-state index is -0.677. The van der Waals surface area contributed by atoms with Gasteiger partial charge in [0.1, 0.15) is 0 Å². The number of aromatic nitrogens is 3. The van der Waals surface area contributed by atoms with E-state index in [-0.39, 0.29) is 12.2 Å². The highest BCUT2D eigenvalue weighted by molar-refractivity contribution is 5.94. The Labute approximate surface area is 119 Å². The molecule has 3 N–H and O–H groups in total. The fourth-order valence-corrected chi connectivity index (χ4v) is 1.88. The molecule has 0 amide bonds. The number of hydrogen-bond donors (Lipinski definition) is 2. The summed E-state index contributed by atoms with van der Waals surface area (Å²) in [6.07, 6.45) is 0.587. The normalized spacial score (nSPS) is 11.6. The van der Waals surface area contributed by atoms with Crippen LogP contribution >= 0.6 is 0 Å². The van der Waals surface area contributed by atoms with Crippen molar-refractivity contribution in [2.45, 2.75) is 19.9 Å². The van der Waals surface area contributed by atoms with Crippen LogP contribution < -0.4 is 17.0 Å². The predicted molar refractivity (Wildman–Crippen MR) is 76.9 cm³/mol. The lowest BCUT2D eigenvalue weighted by atomic mass is 10.3. The van der Waals surface area contributed by atoms with Gasteiger partial charge in [0.2, 0.25) is 0 Å². The van der Waals surface area contributed by atoms with Crippen LogP contribution in [-0.2, 0) is 6.54 Å². The van der Waals surface area contributed by atoms with Crippen molar-refractivity contribution in [1.82, 2.24) is 14.3 Å². The van der Waals surface area contributed by atoms with Gasteiger partial charge in [-0.25, -0.2) is 4.79 Å². The zero-order valence-electron chi connectivity index (χ0n) is 11.4. The number of para-hydroxylation sites is 1. The first-order chi connectivity index (χ1) is 10.1. The summed E-state index contributed by atoms with van der Waals surface area (Å²) in [5, 5.41) is 15.5. The molecule has 0 spiro atoms. The maximum atomic E-state index is 12.4. The van der Waals surface area contributed by atoms with Crippen molar-refractivity contribution in [2.75, 3.05) is 0 Å². The number of benzene rings is 1. The summed E-state index contributed by atoms with van der Waals surface area (Å²) in [5.74, 6) is -0.436. The second-order valence-corrected chi connectivity index (χ2v) is 4.32. The van der Waals surface area contributed by atoms with Crippen molar-refractivity contribution >= 4 is 5.84 Å². The minimum absolute atomic E-state index is 0.221. The van der Waals surface area contributed by atoms with Crippen LogP contribution in [0, 0.1) is 0 Å². The van der Waals surface area contributed by atoms with Crippen LogP contribution in [0.4, 0.5) is 0 Å². The van der Waals surface area contributed by atoms with Gasteiger partial charge in [-0.3, -0.25) is 9.36 Å². The lowest BCUT2D eigenvalue weighted by Gasteiger charge is -2.10. The molecule has 1 aromatic heterocycles. The fraction of sp³-hybridized carbons (Fsp3) is 0.231. The summed E-state index contributed by atoms with van der Waals surface area (Å²) in [6, 6.07) is 8.61. The molecule has 0 bridgehead atoms. The van der Waals surface area contributed by atoms with E-state index in [1.165, 1.54) is 0 Å². The third-order valence-corrected chi connectivity index (χ3v) is 2.86. The standard InChI is InChI=1S/C13H15N5O3/c1-2-8-17-12(19)10(11(14)16-21)15-18(13(17)20)9-6-4-3-5-7-9/h3-7,21H,2,8H2,1H3,(H2,14,16). The second kappa shape index (κ2) is 6.04. The van der Waals surface area contributed by atoms with Crippen LogP contribution in [0.15, 0.2) is 45.1 Å². The molecule has 0 atom stereocenters. The van der Waals surface area contributed by atoms with Gasteiger partial charge in [0.25, 0.3) is 5.56 Å². The lowest BCUT2D eigenvalue weighted by molar-refractivity contribution is 0.318. The first-order valence-corrected chi connectivity index (χ1v) is 6.37. The van der Waals surface area contributed by atoms with E-state index < -0.39 is 17.1 Å². The molecule has 0 aliphatic carbocycles. The second-order valence-electron chi connectivity index (χ2n) is 4.32. The quantitative estimate of drug-likeness (QED) is 0.353. The number of amidine groups is 1. The average molecular weight is 289 g/mol. The third-order valence-electron chi connectivity index (χ3n) is 2.86. The smallest absolute Gasteiger partial charge is 0.352 e. The van der Waals surface area contributed by atoms with Gasteiger partial charge in [0.05, 0.1) is 5.69 Å². The summed E-state index contributed by atoms with van der Waals surface area (Å²) < 4.78 is 2.08. The molecule has 110 valence electrons. The van der Waals surface area contributed by atoms with E-state index in [0.717, 1.165) is 9.25 Å². The van der Waals surface area contributed by atoms with Gasteiger partial charge in [-0.05, 0) is 18.6 Å². The first-order valence-electron chi connectivity index (χ1n) is 6.37. The Kier molecular flexibility index (Phi) is 4.17. The highest BCUT2D eigenvalue weighted by atomic mass is 16.4. The van der Waals surface area contributed by atoms with E-state index in [9.17, 15) is 9.59 Å². The topological polar surface area (TPSA) is 116 Å². The number of rotatable bonds is 4. The van der Waals surface area contributed by atoms with Gasteiger partial charge in [-0.2, -0.15) is 9.78 Å². The molecule has 2 aromatic rings. The summed E-state index contributed by atoms with van der Waals surface area (Å²) in [6.45, 7) is 2.06. The van der Waals surface area contributed by atoms with Crippen molar-refractivity contribution in [3.63, 3.8) is 0 Å². The molecule has 0 fully saturated rings. The molecule has 0 aliphatic heterocycles. The summed E-state index contributed by atoms with van der Waals surface area (Å²) in [4.78, 5) is 24.5. The lowest BCUT2D eigenvalue weighted by Crippen LogP contribution is -2.45. The zero-order valence-corrected chi connectivity index (χ0v) is 11.4. The molecule has 0 aliphatic rings. The van der Waals surface area contributed by atoms with Crippen molar-refractivity contribution in [1.29, 1.82) is 0 Å². The van der Waals surface area contributed by atoms with E-state index in [1.54, 1.807) is 30.3 Å². The van der Waals surface area contributed by atoms with Crippen molar-refractivity contribution in [3.8, 4) is 5.69 Å². The molecule has 0 saturated heterocycles. The maximum Gasteiger partial charge on any atom is 0.352 e. The van der Waals surface area contributed by atoms with Crippen LogP contribution in [0.25, 0.3) is 5.69 Å². The molecule has 21 heavy (non-hydrogen) atoms. The molecule has 1 heterocycles. The maximum absolute atomic E-state index is 12.4. The van der Waals surface area contributed by atoms with Crippen molar-refractivity contribution < 1.29 is 5.21 Å². The molecule has 0 unspecified atom stereocenters. The van der Waals surface area contributed by atoms with Gasteiger partial charge in [-0.15, -0.1) is 0 Å². The van der Waals surface area contributed by atoms with E-state index in [1.807, 2.05) is 6.92 Å². The van der Waals surface area contributed by atoms with Gasteiger partial charge in [0.15, 0.2) is 11.5 Å². The molecule has 8 nitrogen and oxygen atoms in total. The van der Waals surface area contributed by atoms with Crippen LogP contribution in [0.2, 0.25) is 0 Å². The summed E-state index contributed by atoms with van der Waals surface area (Å²) >= 11 is 0. The predicted octanol–water partition coefficient (Wildman–Crippen LogP) is -0.101. The molecule has 0 saturated carbocycles. The Bertz CT molecular complexity index is 777. The van der Waals surface area contributed by atoms with Gasteiger partial charge in [0, 0.05) is 6.54 Å². The van der Waals surface area contributed by atoms with Crippen molar-refractivity contribution in [3.05, 3.63) is 56.9 Å². The number of oxime groups is 1. The van der Waals surface area contributed by atoms with Crippen LogP contribution in [0.5, 0.6) is 0 Å². The molecular weight excluding hydrogens is 274 g/mol. The SMILES string of the molecule is CCCn1c(=O)c(/C(N)=N\O)nn(-c2ccccc2)c1=O. The summed E-state index contributed by atoms with van der Waals surface area (Å²) in [7, 11) is 0. The van der Waals surface area contributed by atoms with Crippen LogP contribution in [0.3, 0.4) is 0 Å². The van der Waals surface area contributed by atoms with Crippen molar-refractivity contribution in [2.24, 2.45) is 10.9 Å². The number of nitrogens with zero attached hydrogens (tertiary/aromatic N) is 4. The largest absolute Gasteiger partial charge is 0.409 e. The van der Waals surface area contributed by atoms with E-state index in [4.69, 9.17) is 10.9 Å². The number of nitrogens with two attached hydrogens (primary N) is 1. The molecule has 0 radical (unpaired) electrons. The molecule has 1 aromatic carbocycles. The Balaban J connectivity index is 2.81. The Morgan fingerprint density at radius 3 is 2.57 bits per heavy atom. The highest BCUT2D eigenvalue weighted by Crippen LogP contribution is 2.01. The van der Waals surface area contributed by atoms with Gasteiger partial charge in [-0.1, -0.05) is 30.3 Å². The fourth-order valence-electron chi connectivity index (χ4n) is 1.88. The monoisotopic (exact) mass is 289 g/mol. The molecule has 8 heteroatoms. The minimum Gasteiger partial charge on any atom is -0.409 e. The Morgan fingerprint density at radius 2 is 2.00 bits per heavy atom. The first kappa shape index (κ1) is 14.5. The van der Waals surface area contributed by atoms with E-state index in [2.05, 4.69) is 10.3 Å². The molecule has 2 rings (SSSR count). The van der Waals surface area contributed by atoms with Crippen LogP contribution in [-0.4, -0.2) is 25.4 Å². The van der Waals surface area contributed by atoms with Gasteiger partial charge < -0.3 is 10.9 Å². The van der Waals surface area contributed by atoms with Gasteiger partial charge >= 0.3 is 5.69 Å².